The van der Waals surface area contributed by atoms with Crippen LogP contribution in [0, 0.1) is 0 Å². The van der Waals surface area contributed by atoms with E-state index in [1.165, 1.54) is 20.5 Å². The second-order valence-electron chi connectivity index (χ2n) is 11.9. The van der Waals surface area contributed by atoms with Gasteiger partial charge >= 0.3 is 6.03 Å². The second kappa shape index (κ2) is 13.4. The Bertz CT molecular complexity index is 1710. The Hall–Kier alpha value is -3.38. The number of urea groups is 1. The molecule has 0 radical (unpaired) electrons. The van der Waals surface area contributed by atoms with Gasteiger partial charge in [-0.25, -0.2) is 13.2 Å². The van der Waals surface area contributed by atoms with Gasteiger partial charge in [0.15, 0.2) is 0 Å². The maximum Gasteiger partial charge on any atom is 0.326 e. The van der Waals surface area contributed by atoms with Crippen LogP contribution in [0.3, 0.4) is 0 Å². The standard InChI is InChI=1S/C33H39Cl2N5O5S/c1-32(23-7-11-25(34)12-8-23)33(2,24-9-13-26(35)14-10-24)40(29(37-32)27-15-16-28(44-3)36-30(27)45-4)31(41)39-20-18-38(19-21-39)17-6-22-46(5,42)43/h7-16H,6,17-22H2,1-5H3/t32-,33+/m0/s1. The lowest BCUT2D eigenvalue weighted by Gasteiger charge is -2.47. The minimum absolute atomic E-state index is 0.139. The number of hydrogen-bond acceptors (Lipinski definition) is 8. The lowest BCUT2D eigenvalue weighted by Crippen LogP contribution is -2.60. The fourth-order valence-corrected chi connectivity index (χ4v) is 7.19. The Morgan fingerprint density at radius 2 is 1.46 bits per heavy atom. The summed E-state index contributed by atoms with van der Waals surface area (Å²) in [4.78, 5) is 30.6. The van der Waals surface area contributed by atoms with Crippen LogP contribution in [0.2, 0.25) is 10.0 Å². The fraction of sp³-hybridized carbons (Fsp3) is 0.424. The first-order valence-corrected chi connectivity index (χ1v) is 17.8. The predicted molar refractivity (Wildman–Crippen MR) is 181 cm³/mol. The number of aliphatic imine (C=N–C) groups is 1. The van der Waals surface area contributed by atoms with Crippen LogP contribution in [0.15, 0.2) is 65.7 Å². The summed E-state index contributed by atoms with van der Waals surface area (Å²) in [5, 5.41) is 1.16. The number of carbonyl (C=O) groups excluding carboxylic acids is 1. The van der Waals surface area contributed by atoms with Gasteiger partial charge < -0.3 is 14.4 Å². The van der Waals surface area contributed by atoms with Crippen LogP contribution < -0.4 is 9.47 Å². The molecule has 3 aromatic rings. The van der Waals surface area contributed by atoms with Crippen molar-refractivity contribution in [2.24, 2.45) is 4.99 Å². The van der Waals surface area contributed by atoms with E-state index in [1.807, 2.05) is 67.3 Å². The summed E-state index contributed by atoms with van der Waals surface area (Å²) in [5.74, 6) is 1.18. The molecule has 246 valence electrons. The third-order valence-corrected chi connectivity index (χ3v) is 10.6. The number of pyridine rings is 1. The highest BCUT2D eigenvalue weighted by Crippen LogP contribution is 2.54. The maximum atomic E-state index is 14.9. The molecule has 1 saturated heterocycles. The number of sulfone groups is 1. The molecule has 0 N–H and O–H groups in total. The van der Waals surface area contributed by atoms with Crippen molar-refractivity contribution in [3.63, 3.8) is 0 Å². The highest BCUT2D eigenvalue weighted by molar-refractivity contribution is 7.90. The molecule has 1 fully saturated rings. The number of benzene rings is 2. The molecule has 46 heavy (non-hydrogen) atoms. The number of hydrogen-bond donors (Lipinski definition) is 0. The second-order valence-corrected chi connectivity index (χ2v) is 15.1. The van der Waals surface area contributed by atoms with E-state index in [0.717, 1.165) is 11.1 Å². The maximum absolute atomic E-state index is 14.9. The van der Waals surface area contributed by atoms with Gasteiger partial charge in [-0.15, -0.1) is 0 Å². The molecule has 0 unspecified atom stereocenters. The van der Waals surface area contributed by atoms with Crippen molar-refractivity contribution in [2.45, 2.75) is 31.3 Å². The number of amides is 2. The number of amidine groups is 1. The van der Waals surface area contributed by atoms with Gasteiger partial charge in [-0.2, -0.15) is 4.98 Å². The highest BCUT2D eigenvalue weighted by atomic mass is 35.5. The zero-order valence-corrected chi connectivity index (χ0v) is 29.0. The Labute approximate surface area is 280 Å². The van der Waals surface area contributed by atoms with E-state index in [4.69, 9.17) is 37.7 Å². The van der Waals surface area contributed by atoms with Gasteiger partial charge in [0.2, 0.25) is 11.8 Å². The predicted octanol–water partition coefficient (Wildman–Crippen LogP) is 5.47. The molecule has 1 aromatic heterocycles. The quantitative estimate of drug-likeness (QED) is 0.294. The highest BCUT2D eigenvalue weighted by Gasteiger charge is 2.60. The van der Waals surface area contributed by atoms with Gasteiger partial charge in [0, 0.05) is 48.5 Å². The molecule has 2 atom stereocenters. The van der Waals surface area contributed by atoms with E-state index in [0.29, 0.717) is 66.5 Å². The zero-order chi connectivity index (χ0) is 33.3. The van der Waals surface area contributed by atoms with Crippen molar-refractivity contribution in [3.8, 4) is 11.8 Å². The van der Waals surface area contributed by atoms with Gasteiger partial charge in [-0.05, 0) is 68.3 Å². The molecule has 0 saturated carbocycles. The Morgan fingerprint density at radius 1 is 0.870 bits per heavy atom. The number of rotatable bonds is 9. The molecule has 2 aromatic carbocycles. The van der Waals surface area contributed by atoms with Crippen LogP contribution in [0.1, 0.15) is 37.0 Å². The third-order valence-electron chi connectivity index (χ3n) is 9.05. The summed E-state index contributed by atoms with van der Waals surface area (Å²) >= 11 is 12.7. The van der Waals surface area contributed by atoms with Crippen molar-refractivity contribution >= 4 is 44.9 Å². The lowest BCUT2D eigenvalue weighted by molar-refractivity contribution is 0.0868. The number of carbonyl (C=O) groups is 1. The average molecular weight is 689 g/mol. The van der Waals surface area contributed by atoms with Crippen LogP contribution in [0.4, 0.5) is 4.79 Å². The van der Waals surface area contributed by atoms with Crippen LogP contribution in [-0.4, -0.2) is 98.9 Å². The van der Waals surface area contributed by atoms with Gasteiger partial charge in [-0.1, -0.05) is 47.5 Å². The molecule has 0 bridgehead atoms. The Balaban J connectivity index is 1.61. The monoisotopic (exact) mass is 687 g/mol. The topological polar surface area (TPSA) is 105 Å². The summed E-state index contributed by atoms with van der Waals surface area (Å²) in [6.07, 6.45) is 1.80. The molecule has 0 spiro atoms. The molecular formula is C33H39Cl2N5O5S. The van der Waals surface area contributed by atoms with Gasteiger partial charge in [-0.3, -0.25) is 14.8 Å². The van der Waals surface area contributed by atoms with Crippen molar-refractivity contribution in [1.29, 1.82) is 0 Å². The summed E-state index contributed by atoms with van der Waals surface area (Å²) in [6.45, 7) is 6.86. The Kier molecular flexibility index (Phi) is 9.89. The van der Waals surface area contributed by atoms with Gasteiger partial charge in [0.25, 0.3) is 0 Å². The first-order valence-electron chi connectivity index (χ1n) is 15.0. The van der Waals surface area contributed by atoms with Crippen molar-refractivity contribution < 1.29 is 22.7 Å². The van der Waals surface area contributed by atoms with Crippen molar-refractivity contribution in [3.05, 3.63) is 87.4 Å². The van der Waals surface area contributed by atoms with Crippen LogP contribution >= 0.6 is 23.2 Å². The molecule has 2 aliphatic rings. The summed E-state index contributed by atoms with van der Waals surface area (Å²) < 4.78 is 34.4. The van der Waals surface area contributed by atoms with Crippen LogP contribution in [0.5, 0.6) is 11.8 Å². The summed E-state index contributed by atoms with van der Waals surface area (Å²) in [5.41, 5.74) is 0.193. The van der Waals surface area contributed by atoms with E-state index in [9.17, 15) is 13.2 Å². The number of halogens is 2. The van der Waals surface area contributed by atoms with Crippen LogP contribution in [0.25, 0.3) is 0 Å². The Morgan fingerprint density at radius 3 is 2.00 bits per heavy atom. The number of piperazine rings is 1. The summed E-state index contributed by atoms with van der Waals surface area (Å²) in [6, 6.07) is 18.3. The van der Waals surface area contributed by atoms with E-state index in [2.05, 4.69) is 9.88 Å². The number of methoxy groups -OCH3 is 2. The average Bonchev–Trinajstić information content (AvgIpc) is 3.28. The molecular weight excluding hydrogens is 649 g/mol. The van der Waals surface area contributed by atoms with E-state index in [1.54, 1.807) is 17.0 Å². The minimum Gasteiger partial charge on any atom is -0.481 e. The lowest BCUT2D eigenvalue weighted by atomic mass is 9.71. The van der Waals surface area contributed by atoms with E-state index in [-0.39, 0.29) is 17.7 Å². The SMILES string of the molecule is COc1ccc(C2=N[C@@](C)(c3ccc(Cl)cc3)[C@@](C)(c3ccc(Cl)cc3)N2C(=O)N2CCN(CCCS(C)(=O)=O)CC2)c(OC)n1. The molecule has 10 nitrogen and oxygen atoms in total. The largest absolute Gasteiger partial charge is 0.481 e. The normalized spacial score (nSPS) is 22.1. The van der Waals surface area contributed by atoms with Gasteiger partial charge in [0.05, 0.1) is 25.5 Å². The zero-order valence-electron chi connectivity index (χ0n) is 26.7. The smallest absolute Gasteiger partial charge is 0.326 e. The third kappa shape index (κ3) is 6.56. The van der Waals surface area contributed by atoms with E-state index >= 15 is 0 Å². The number of ether oxygens (including phenoxy) is 2. The number of aromatic nitrogens is 1. The molecule has 5 rings (SSSR count). The van der Waals surface area contributed by atoms with Crippen molar-refractivity contribution in [2.75, 3.05) is 59.0 Å². The number of nitrogens with zero attached hydrogens (tertiary/aromatic N) is 5. The molecule has 0 aliphatic carbocycles. The molecule has 2 aliphatic heterocycles. The molecule has 3 heterocycles. The van der Waals surface area contributed by atoms with Crippen molar-refractivity contribution in [1.82, 2.24) is 19.7 Å². The summed E-state index contributed by atoms with van der Waals surface area (Å²) in [7, 11) is 0.0173. The first-order chi connectivity index (χ1) is 21.8. The first kappa shape index (κ1) is 34.0. The molecule has 2 amide bonds. The van der Waals surface area contributed by atoms with Crippen LogP contribution in [-0.2, 0) is 20.9 Å². The minimum atomic E-state index is -3.03. The van der Waals surface area contributed by atoms with Gasteiger partial charge in [0.1, 0.15) is 26.8 Å². The van der Waals surface area contributed by atoms with E-state index < -0.39 is 20.9 Å². The fourth-order valence-electron chi connectivity index (χ4n) is 6.28. The molecule has 13 heteroatoms.